The van der Waals surface area contributed by atoms with Crippen LogP contribution in [0.25, 0.3) is 0 Å². The van der Waals surface area contributed by atoms with Gasteiger partial charge in [-0.05, 0) is 50.5 Å². The summed E-state index contributed by atoms with van der Waals surface area (Å²) >= 11 is 0. The van der Waals surface area contributed by atoms with E-state index in [9.17, 15) is 13.2 Å². The van der Waals surface area contributed by atoms with Gasteiger partial charge >= 0.3 is 0 Å². The molecule has 0 fully saturated rings. The van der Waals surface area contributed by atoms with Crippen molar-refractivity contribution < 1.29 is 17.9 Å². The number of hydrogen-bond acceptors (Lipinski definition) is 4. The minimum Gasteiger partial charge on any atom is -0.476 e. The highest BCUT2D eigenvalue weighted by atomic mass is 32.2. The van der Waals surface area contributed by atoms with Crippen molar-refractivity contribution in [3.05, 3.63) is 59.7 Å². The molecule has 0 saturated carbocycles. The van der Waals surface area contributed by atoms with Crippen LogP contribution in [0.15, 0.2) is 48.5 Å². The second-order valence-electron chi connectivity index (χ2n) is 7.91. The van der Waals surface area contributed by atoms with Crippen molar-refractivity contribution in [2.24, 2.45) is 0 Å². The normalized spacial score (nSPS) is 16.9. The molecule has 1 amide bonds. The third kappa shape index (κ3) is 4.65. The molecule has 2 aromatic rings. The molecular formula is C21H26N2O4S. The lowest BCUT2D eigenvalue weighted by Crippen LogP contribution is -2.55. The van der Waals surface area contributed by atoms with Crippen LogP contribution in [0.4, 0.5) is 5.69 Å². The molecule has 0 aromatic heterocycles. The number of aryl methyl sites for hydroxylation is 1. The molecule has 0 aliphatic carbocycles. The zero-order valence-electron chi connectivity index (χ0n) is 16.6. The Morgan fingerprint density at radius 1 is 1.21 bits per heavy atom. The van der Waals surface area contributed by atoms with Gasteiger partial charge in [0.25, 0.3) is 5.91 Å². The zero-order chi connectivity index (χ0) is 20.5. The van der Waals surface area contributed by atoms with Gasteiger partial charge in [-0.1, -0.05) is 36.4 Å². The van der Waals surface area contributed by atoms with E-state index >= 15 is 0 Å². The monoisotopic (exact) mass is 402 g/mol. The van der Waals surface area contributed by atoms with E-state index < -0.39 is 21.7 Å². The highest BCUT2D eigenvalue weighted by molar-refractivity contribution is 7.92. The Bertz CT molecular complexity index is 971. The SMILES string of the molecule is Cc1ccc2c(c1)O[C@H](C(=O)NC(C)(C)Cc1ccccc1)CN2S(C)(=O)=O. The van der Waals surface area contributed by atoms with Crippen molar-refractivity contribution in [2.75, 3.05) is 17.1 Å². The van der Waals surface area contributed by atoms with Gasteiger partial charge in [-0.2, -0.15) is 0 Å². The highest BCUT2D eigenvalue weighted by Gasteiger charge is 2.36. The minimum absolute atomic E-state index is 0.0534. The van der Waals surface area contributed by atoms with E-state index in [1.54, 1.807) is 12.1 Å². The Hall–Kier alpha value is -2.54. The van der Waals surface area contributed by atoms with Gasteiger partial charge < -0.3 is 10.1 Å². The number of carbonyl (C=O) groups excluding carboxylic acids is 1. The fraction of sp³-hybridized carbons (Fsp3) is 0.381. The summed E-state index contributed by atoms with van der Waals surface area (Å²) in [6.45, 7) is 5.71. The molecule has 1 aliphatic rings. The third-order valence-electron chi connectivity index (χ3n) is 4.63. The Morgan fingerprint density at radius 3 is 2.54 bits per heavy atom. The van der Waals surface area contributed by atoms with Crippen molar-refractivity contribution in [3.8, 4) is 5.75 Å². The number of nitrogens with one attached hydrogen (secondary N) is 1. The van der Waals surface area contributed by atoms with Gasteiger partial charge in [-0.25, -0.2) is 8.42 Å². The fourth-order valence-corrected chi connectivity index (χ4v) is 4.29. The van der Waals surface area contributed by atoms with Crippen LogP contribution in [0.2, 0.25) is 0 Å². The quantitative estimate of drug-likeness (QED) is 0.834. The molecule has 1 N–H and O–H groups in total. The molecule has 6 nitrogen and oxygen atoms in total. The summed E-state index contributed by atoms with van der Waals surface area (Å²) in [4.78, 5) is 12.9. The predicted molar refractivity (Wildman–Crippen MR) is 110 cm³/mol. The average Bonchev–Trinajstić information content (AvgIpc) is 2.59. The van der Waals surface area contributed by atoms with E-state index in [0.717, 1.165) is 17.4 Å². The van der Waals surface area contributed by atoms with Gasteiger partial charge in [0.2, 0.25) is 10.0 Å². The summed E-state index contributed by atoms with van der Waals surface area (Å²) in [5, 5.41) is 3.01. The summed E-state index contributed by atoms with van der Waals surface area (Å²) in [7, 11) is -3.54. The Balaban J connectivity index is 1.80. The fourth-order valence-electron chi connectivity index (χ4n) is 3.38. The van der Waals surface area contributed by atoms with E-state index in [4.69, 9.17) is 4.74 Å². The van der Waals surface area contributed by atoms with Crippen LogP contribution in [0, 0.1) is 6.92 Å². The second-order valence-corrected chi connectivity index (χ2v) is 9.81. The van der Waals surface area contributed by atoms with Gasteiger partial charge in [0.1, 0.15) is 5.75 Å². The molecule has 28 heavy (non-hydrogen) atoms. The molecule has 0 saturated heterocycles. The van der Waals surface area contributed by atoms with Gasteiger partial charge in [0.05, 0.1) is 18.5 Å². The van der Waals surface area contributed by atoms with Crippen molar-refractivity contribution in [1.29, 1.82) is 0 Å². The number of hydrogen-bond donors (Lipinski definition) is 1. The molecule has 150 valence electrons. The van der Waals surface area contributed by atoms with Crippen molar-refractivity contribution in [1.82, 2.24) is 5.32 Å². The molecule has 2 aromatic carbocycles. The van der Waals surface area contributed by atoms with Gasteiger partial charge in [-0.15, -0.1) is 0 Å². The van der Waals surface area contributed by atoms with Crippen LogP contribution in [-0.2, 0) is 21.2 Å². The lowest BCUT2D eigenvalue weighted by atomic mass is 9.94. The van der Waals surface area contributed by atoms with Crippen LogP contribution in [0.3, 0.4) is 0 Å². The summed E-state index contributed by atoms with van der Waals surface area (Å²) in [6, 6.07) is 15.2. The maximum atomic E-state index is 12.9. The molecule has 1 heterocycles. The second kappa shape index (κ2) is 7.47. The molecule has 1 atom stereocenters. The smallest absolute Gasteiger partial charge is 0.263 e. The van der Waals surface area contributed by atoms with Crippen LogP contribution in [-0.4, -0.2) is 38.8 Å². The van der Waals surface area contributed by atoms with Gasteiger partial charge in [-0.3, -0.25) is 9.10 Å². The first-order valence-corrected chi connectivity index (χ1v) is 11.0. The van der Waals surface area contributed by atoms with Crippen LogP contribution < -0.4 is 14.4 Å². The third-order valence-corrected chi connectivity index (χ3v) is 5.77. The van der Waals surface area contributed by atoms with Crippen molar-refractivity contribution in [3.63, 3.8) is 0 Å². The lowest BCUT2D eigenvalue weighted by molar-refractivity contribution is -0.129. The van der Waals surface area contributed by atoms with E-state index in [2.05, 4.69) is 5.32 Å². The summed E-state index contributed by atoms with van der Waals surface area (Å²) < 4.78 is 31.6. The number of nitrogens with zero attached hydrogens (tertiary/aromatic N) is 1. The Labute approximate surface area is 166 Å². The predicted octanol–water partition coefficient (Wildman–Crippen LogP) is 2.66. The number of carbonyl (C=O) groups is 1. The van der Waals surface area contributed by atoms with E-state index in [0.29, 0.717) is 17.9 Å². The minimum atomic E-state index is -3.54. The van der Waals surface area contributed by atoms with Crippen LogP contribution in [0.5, 0.6) is 5.75 Å². The molecule has 0 unspecified atom stereocenters. The summed E-state index contributed by atoms with van der Waals surface area (Å²) in [5.74, 6) is 0.0689. The van der Waals surface area contributed by atoms with Crippen molar-refractivity contribution in [2.45, 2.75) is 38.8 Å². The number of rotatable bonds is 5. The van der Waals surface area contributed by atoms with Crippen molar-refractivity contribution >= 4 is 21.6 Å². The van der Waals surface area contributed by atoms with Gasteiger partial charge in [0, 0.05) is 5.54 Å². The average molecular weight is 403 g/mol. The molecule has 3 rings (SSSR count). The number of fused-ring (bicyclic) bond motifs is 1. The maximum absolute atomic E-state index is 12.9. The van der Waals surface area contributed by atoms with E-state index in [1.807, 2.05) is 57.2 Å². The first-order valence-electron chi connectivity index (χ1n) is 9.16. The number of benzene rings is 2. The number of sulfonamides is 1. The topological polar surface area (TPSA) is 75.7 Å². The first kappa shape index (κ1) is 20.2. The maximum Gasteiger partial charge on any atom is 0.263 e. The summed E-state index contributed by atoms with van der Waals surface area (Å²) in [6.07, 6.45) is 0.868. The number of anilines is 1. The molecular weight excluding hydrogens is 376 g/mol. The molecule has 0 bridgehead atoms. The Kier molecular flexibility index (Phi) is 5.39. The zero-order valence-corrected chi connectivity index (χ0v) is 17.4. The lowest BCUT2D eigenvalue weighted by Gasteiger charge is -2.36. The molecule has 1 aliphatic heterocycles. The summed E-state index contributed by atoms with van der Waals surface area (Å²) in [5.41, 5.74) is 1.99. The van der Waals surface area contributed by atoms with E-state index in [-0.39, 0.29) is 12.5 Å². The molecule has 0 radical (unpaired) electrons. The van der Waals surface area contributed by atoms with Crippen LogP contribution in [0.1, 0.15) is 25.0 Å². The molecule has 7 heteroatoms. The van der Waals surface area contributed by atoms with E-state index in [1.165, 1.54) is 4.31 Å². The van der Waals surface area contributed by atoms with Crippen LogP contribution >= 0.6 is 0 Å². The van der Waals surface area contributed by atoms with Gasteiger partial charge in [0.15, 0.2) is 6.10 Å². The standard InChI is InChI=1S/C21H26N2O4S/c1-15-10-11-17-18(12-15)27-19(14-23(17)28(4,25)26)20(24)22-21(2,3)13-16-8-6-5-7-9-16/h5-12,19H,13-14H2,1-4H3,(H,22,24)/t19-/m0/s1. The molecule has 0 spiro atoms. The largest absolute Gasteiger partial charge is 0.476 e. The number of amides is 1. The number of ether oxygens (including phenoxy) is 1. The highest BCUT2D eigenvalue weighted by Crippen LogP contribution is 2.35. The first-order chi connectivity index (χ1) is 13.0. The Morgan fingerprint density at radius 2 is 1.89 bits per heavy atom.